The number of imidazole rings is 1. The Morgan fingerprint density at radius 1 is 1.24 bits per heavy atom. The number of sulfonamides is 1. The van der Waals surface area contributed by atoms with E-state index in [4.69, 9.17) is 0 Å². The van der Waals surface area contributed by atoms with Crippen molar-refractivity contribution in [3.05, 3.63) is 48.2 Å². The molecule has 1 N–H and O–H groups in total. The summed E-state index contributed by atoms with van der Waals surface area (Å²) in [6.45, 7) is 0. The minimum Gasteiger partial charge on any atom is -0.351 e. The third kappa shape index (κ3) is 2.52. The van der Waals surface area contributed by atoms with E-state index in [0.717, 1.165) is 21.6 Å². The average Bonchev–Trinajstić information content (AvgIpc) is 3.32. The molecule has 4 rings (SSSR count). The van der Waals surface area contributed by atoms with E-state index < -0.39 is 10.0 Å². The lowest BCUT2D eigenvalue weighted by Gasteiger charge is -2.19. The standard InChI is InChI=1S/C16H15N5O2S2/c1-20-8-6-18-16(20)25(22,23)21(2)13-5-3-4-11-10-12(19-14(11)13)15-17-7-9-24-15/h3-10,19H,1-2H3. The summed E-state index contributed by atoms with van der Waals surface area (Å²) in [4.78, 5) is 11.6. The number of aromatic nitrogens is 4. The molecule has 0 aliphatic carbocycles. The van der Waals surface area contributed by atoms with E-state index in [0.29, 0.717) is 5.69 Å². The molecule has 0 spiro atoms. The Hall–Kier alpha value is -2.65. The summed E-state index contributed by atoms with van der Waals surface area (Å²) in [5.41, 5.74) is 2.16. The summed E-state index contributed by atoms with van der Waals surface area (Å²) in [6.07, 6.45) is 4.82. The normalized spacial score (nSPS) is 11.9. The molecular weight excluding hydrogens is 358 g/mol. The third-order valence-electron chi connectivity index (χ3n) is 4.00. The highest BCUT2D eigenvalue weighted by Gasteiger charge is 2.27. The first-order chi connectivity index (χ1) is 12.0. The summed E-state index contributed by atoms with van der Waals surface area (Å²) in [5.74, 6) is 0. The van der Waals surface area contributed by atoms with Crippen molar-refractivity contribution in [3.8, 4) is 10.7 Å². The van der Waals surface area contributed by atoms with Crippen molar-refractivity contribution in [2.75, 3.05) is 11.4 Å². The molecule has 4 aromatic rings. The van der Waals surface area contributed by atoms with Gasteiger partial charge in [-0.3, -0.25) is 4.31 Å². The Morgan fingerprint density at radius 2 is 2.08 bits per heavy atom. The van der Waals surface area contributed by atoms with E-state index in [-0.39, 0.29) is 5.16 Å². The van der Waals surface area contributed by atoms with Crippen molar-refractivity contribution in [1.82, 2.24) is 19.5 Å². The minimum absolute atomic E-state index is 0.00120. The van der Waals surface area contributed by atoms with Gasteiger partial charge in [-0.2, -0.15) is 8.42 Å². The van der Waals surface area contributed by atoms with Crippen molar-refractivity contribution in [3.63, 3.8) is 0 Å². The Labute approximate surface area is 148 Å². The molecule has 0 radical (unpaired) electrons. The van der Waals surface area contributed by atoms with E-state index in [2.05, 4.69) is 15.0 Å². The maximum atomic E-state index is 12.9. The number of aryl methyl sites for hydroxylation is 1. The van der Waals surface area contributed by atoms with Crippen LogP contribution in [-0.2, 0) is 17.1 Å². The van der Waals surface area contributed by atoms with Crippen molar-refractivity contribution in [2.24, 2.45) is 7.05 Å². The van der Waals surface area contributed by atoms with Crippen LogP contribution in [0.4, 0.5) is 5.69 Å². The molecule has 0 saturated heterocycles. The predicted octanol–water partition coefficient (Wildman–Crippen LogP) is 2.85. The summed E-state index contributed by atoms with van der Waals surface area (Å²) in [7, 11) is -0.576. The van der Waals surface area contributed by atoms with Crippen LogP contribution in [0.25, 0.3) is 21.6 Å². The van der Waals surface area contributed by atoms with Crippen LogP contribution in [0, 0.1) is 0 Å². The predicted molar refractivity (Wildman–Crippen MR) is 98.2 cm³/mol. The zero-order valence-corrected chi connectivity index (χ0v) is 15.2. The first-order valence-corrected chi connectivity index (χ1v) is 9.78. The Kier molecular flexibility index (Phi) is 3.62. The Balaban J connectivity index is 1.85. The number of benzene rings is 1. The van der Waals surface area contributed by atoms with Gasteiger partial charge in [-0.05, 0) is 12.1 Å². The SMILES string of the molecule is CN(c1cccc2cc(-c3nccs3)[nH]c12)S(=O)(=O)c1nccn1C. The van der Waals surface area contributed by atoms with Crippen molar-refractivity contribution < 1.29 is 8.42 Å². The van der Waals surface area contributed by atoms with Crippen LogP contribution in [0.2, 0.25) is 0 Å². The number of nitrogens with one attached hydrogen (secondary N) is 1. The monoisotopic (exact) mass is 373 g/mol. The lowest BCUT2D eigenvalue weighted by Crippen LogP contribution is -2.29. The van der Waals surface area contributed by atoms with Gasteiger partial charge in [0.15, 0.2) is 0 Å². The smallest absolute Gasteiger partial charge is 0.298 e. The van der Waals surface area contributed by atoms with Crippen LogP contribution >= 0.6 is 11.3 Å². The van der Waals surface area contributed by atoms with Crippen LogP contribution in [-0.4, -0.2) is 35.0 Å². The van der Waals surface area contributed by atoms with Crippen LogP contribution in [0.5, 0.6) is 0 Å². The molecule has 0 saturated carbocycles. The van der Waals surface area contributed by atoms with Gasteiger partial charge in [0.2, 0.25) is 5.16 Å². The number of H-pyrrole nitrogens is 1. The first-order valence-electron chi connectivity index (χ1n) is 7.46. The lowest BCUT2D eigenvalue weighted by molar-refractivity contribution is 0.577. The second kappa shape index (κ2) is 5.71. The number of nitrogens with zero attached hydrogens (tertiary/aromatic N) is 4. The number of aromatic amines is 1. The Morgan fingerprint density at radius 3 is 2.76 bits per heavy atom. The molecule has 0 fully saturated rings. The van der Waals surface area contributed by atoms with Crippen molar-refractivity contribution in [1.29, 1.82) is 0 Å². The van der Waals surface area contributed by atoms with Gasteiger partial charge in [0.25, 0.3) is 10.0 Å². The molecule has 128 valence electrons. The summed E-state index contributed by atoms with van der Waals surface area (Å²) >= 11 is 1.52. The molecule has 0 aliphatic rings. The van der Waals surface area contributed by atoms with Gasteiger partial charge >= 0.3 is 0 Å². The second-order valence-corrected chi connectivity index (χ2v) is 8.31. The highest BCUT2D eigenvalue weighted by atomic mass is 32.2. The van der Waals surface area contributed by atoms with Gasteiger partial charge in [-0.25, -0.2) is 9.97 Å². The van der Waals surface area contributed by atoms with Gasteiger partial charge in [-0.15, -0.1) is 11.3 Å². The van der Waals surface area contributed by atoms with E-state index >= 15 is 0 Å². The zero-order valence-electron chi connectivity index (χ0n) is 13.5. The van der Waals surface area contributed by atoms with E-state index in [1.54, 1.807) is 25.5 Å². The summed E-state index contributed by atoms with van der Waals surface area (Å²) < 4.78 is 28.6. The molecular formula is C16H15N5O2S2. The van der Waals surface area contributed by atoms with E-state index in [9.17, 15) is 8.42 Å². The molecule has 25 heavy (non-hydrogen) atoms. The minimum atomic E-state index is -3.76. The average molecular weight is 373 g/mol. The van der Waals surface area contributed by atoms with Gasteiger partial charge in [0.05, 0.1) is 16.9 Å². The fraction of sp³-hybridized carbons (Fsp3) is 0.125. The molecule has 1 aromatic carbocycles. The van der Waals surface area contributed by atoms with Crippen molar-refractivity contribution in [2.45, 2.75) is 5.16 Å². The molecule has 0 unspecified atom stereocenters. The topological polar surface area (TPSA) is 83.9 Å². The number of para-hydroxylation sites is 1. The molecule has 0 amide bonds. The van der Waals surface area contributed by atoms with Gasteiger partial charge in [-0.1, -0.05) is 12.1 Å². The van der Waals surface area contributed by atoms with Crippen LogP contribution < -0.4 is 4.31 Å². The van der Waals surface area contributed by atoms with E-state index in [1.165, 1.54) is 33.5 Å². The number of fused-ring (bicyclic) bond motifs is 1. The van der Waals surface area contributed by atoms with E-state index in [1.807, 2.05) is 23.6 Å². The molecule has 3 aromatic heterocycles. The zero-order chi connectivity index (χ0) is 17.6. The Bertz CT molecular complexity index is 1140. The van der Waals surface area contributed by atoms with Crippen LogP contribution in [0.1, 0.15) is 0 Å². The quantitative estimate of drug-likeness (QED) is 0.596. The molecule has 0 atom stereocenters. The second-order valence-electron chi connectivity index (χ2n) is 5.55. The summed E-state index contributed by atoms with van der Waals surface area (Å²) in [6, 6.07) is 7.51. The summed E-state index contributed by atoms with van der Waals surface area (Å²) in [5, 5.41) is 3.68. The number of anilines is 1. The number of rotatable bonds is 4. The highest BCUT2D eigenvalue weighted by molar-refractivity contribution is 7.92. The molecule has 7 nitrogen and oxygen atoms in total. The molecule has 9 heteroatoms. The van der Waals surface area contributed by atoms with Crippen molar-refractivity contribution >= 4 is 38.0 Å². The lowest BCUT2D eigenvalue weighted by atomic mass is 10.2. The fourth-order valence-electron chi connectivity index (χ4n) is 2.73. The molecule has 3 heterocycles. The van der Waals surface area contributed by atoms with Gasteiger partial charge in [0.1, 0.15) is 5.01 Å². The number of hydrogen-bond donors (Lipinski definition) is 1. The maximum Gasteiger partial charge on any atom is 0.298 e. The van der Waals surface area contributed by atoms with Gasteiger partial charge in [0, 0.05) is 43.5 Å². The van der Waals surface area contributed by atoms with Crippen LogP contribution in [0.15, 0.2) is 53.4 Å². The maximum absolute atomic E-state index is 12.9. The number of hydrogen-bond acceptors (Lipinski definition) is 5. The fourth-order valence-corrected chi connectivity index (χ4v) is 4.61. The molecule has 0 bridgehead atoms. The third-order valence-corrected chi connectivity index (χ3v) is 6.58. The first kappa shape index (κ1) is 15.9. The molecule has 0 aliphatic heterocycles. The van der Waals surface area contributed by atoms with Gasteiger partial charge < -0.3 is 9.55 Å². The van der Waals surface area contributed by atoms with Crippen LogP contribution in [0.3, 0.4) is 0 Å². The largest absolute Gasteiger partial charge is 0.351 e. The number of thiazole rings is 1. The highest BCUT2D eigenvalue weighted by Crippen LogP contribution is 2.32.